The van der Waals surface area contributed by atoms with E-state index in [0.717, 1.165) is 123 Å². The maximum Gasteiger partial charge on any atom is 0.322 e. The fraction of sp³-hybridized carbons (Fsp3) is 0.322. The number of hydrogen-bond acceptors (Lipinski definition) is 12. The highest BCUT2D eigenvalue weighted by Gasteiger charge is 2.21. The number of benzene rings is 9. The highest BCUT2D eigenvalue weighted by atomic mass is 32.2. The molecular formula is C90H121N11O4S. The zero-order chi connectivity index (χ0) is 77.4. The monoisotopic (exact) mass is 1450 g/mol. The molecule has 3 heterocycles. The van der Waals surface area contributed by atoms with E-state index in [1.54, 1.807) is 30.5 Å². The van der Waals surface area contributed by atoms with Gasteiger partial charge in [-0.2, -0.15) is 0 Å². The van der Waals surface area contributed by atoms with Gasteiger partial charge in [-0.15, -0.1) is 0 Å². The first-order valence-corrected chi connectivity index (χ1v) is 38.5. The van der Waals surface area contributed by atoms with E-state index in [1.807, 2.05) is 74.6 Å². The summed E-state index contributed by atoms with van der Waals surface area (Å²) >= 11 is 0. The Morgan fingerprint density at radius 2 is 0.830 bits per heavy atom. The van der Waals surface area contributed by atoms with Crippen molar-refractivity contribution in [3.05, 3.63) is 314 Å². The van der Waals surface area contributed by atoms with Crippen molar-refractivity contribution < 1.29 is 17.9 Å². The van der Waals surface area contributed by atoms with E-state index in [9.17, 15) is 13.2 Å². The van der Waals surface area contributed by atoms with Crippen molar-refractivity contribution in [2.24, 2.45) is 45.9 Å². The number of aromatic nitrogens is 3. The molecule has 0 fully saturated rings. The zero-order valence-corrected chi connectivity index (χ0v) is 65.5. The largest absolute Gasteiger partial charge is 0.468 e. The van der Waals surface area contributed by atoms with Crippen LogP contribution in [-0.4, -0.2) is 86.8 Å². The smallest absolute Gasteiger partial charge is 0.322 e. The van der Waals surface area contributed by atoms with E-state index in [-0.39, 0.29) is 16.9 Å². The molecule has 0 radical (unpaired) electrons. The van der Waals surface area contributed by atoms with Crippen LogP contribution in [0.4, 0.5) is 0 Å². The molecule has 12 aromatic rings. The van der Waals surface area contributed by atoms with Crippen molar-refractivity contribution in [2.75, 3.05) is 46.4 Å². The van der Waals surface area contributed by atoms with Crippen LogP contribution in [0.25, 0.3) is 32.7 Å². The molecule has 18 N–H and O–H groups in total. The third-order valence-electron chi connectivity index (χ3n) is 17.8. The average molecular weight is 1450 g/mol. The van der Waals surface area contributed by atoms with Gasteiger partial charge in [0.25, 0.3) is 10.0 Å². The molecule has 0 amide bonds. The lowest BCUT2D eigenvalue weighted by atomic mass is 10.0. The molecule has 0 aliphatic heterocycles. The second-order valence-electron chi connectivity index (χ2n) is 27.1. The normalized spacial score (nSPS) is 11.2. The van der Waals surface area contributed by atoms with Crippen LogP contribution >= 0.6 is 0 Å². The molecule has 106 heavy (non-hydrogen) atoms. The van der Waals surface area contributed by atoms with Crippen molar-refractivity contribution >= 4 is 48.7 Å². The number of carbonyl (C=O) groups is 1. The minimum Gasteiger partial charge on any atom is -0.468 e. The summed E-state index contributed by atoms with van der Waals surface area (Å²) in [6, 6.07) is 69.0. The minimum atomic E-state index is -3.60. The van der Waals surface area contributed by atoms with Crippen LogP contribution in [0.3, 0.4) is 0 Å². The van der Waals surface area contributed by atoms with E-state index in [2.05, 4.69) is 197 Å². The Labute approximate surface area is 633 Å². The number of carbonyl (C=O) groups excluding carboxylic acids is 1. The van der Waals surface area contributed by atoms with Crippen LogP contribution in [0.1, 0.15) is 115 Å². The standard InChI is InChI=1S/C17H18N2O2S.C12H14N2O2.C11H14N2.C11H17N.3C10H15N.C9H13N/c1-13-6-8-15(9-7-13)22(20,21)19-12-14(10-11-18)16-4-2-3-5-17(16)19;1-16-12(15)10(13)6-8-7-14-11-5-3-2-4-9(8)11;12-7-3-4-9-8-13-11-6-2-1-5-10(9)11;1-9-5-6-11(4-3-7-12)8-10(9)2;1-8-3-4-10(5-6-11)7-9(8)2;1-8-4-3-5-10(6-8)7-9(2)11;1-9-4-2-5-10(8-9)6-3-7-11;1-8-3-2-4-9(7-8)5-6-10/h2-9,12H,10-11,18H2,1H3;2-5,7,10,14H,6,13H2,1H3;1-2,5-6,8,13H,3-4,7,12H2;5-6,8H,3-4,7,12H2,1-2H3;3-4,7H,5-6,11H2,1-2H3;3-6,9H,7,11H2,1-2H3;2,4-5,8H,3,6-7,11H2,1H3;2-4,7H,5-6,10H2,1H3/t;10-;;;;9-;;/m.0...1../s1. The van der Waals surface area contributed by atoms with Gasteiger partial charge >= 0.3 is 5.97 Å². The quantitative estimate of drug-likeness (QED) is 0.0283. The summed E-state index contributed by atoms with van der Waals surface area (Å²) in [6.07, 6.45) is 16.3. The summed E-state index contributed by atoms with van der Waals surface area (Å²) in [5.74, 6) is -0.384. The lowest BCUT2D eigenvalue weighted by Crippen LogP contribution is -2.33. The molecule has 0 saturated heterocycles. The third-order valence-corrected chi connectivity index (χ3v) is 19.5. The molecule has 9 aromatic carbocycles. The minimum absolute atomic E-state index is 0.261. The average Bonchev–Trinajstić information content (AvgIpc) is 1.58. The Kier molecular flexibility index (Phi) is 39.0. The predicted molar refractivity (Wildman–Crippen MR) is 449 cm³/mol. The first kappa shape index (κ1) is 87.3. The fourth-order valence-electron chi connectivity index (χ4n) is 11.8. The number of methoxy groups -OCH3 is 1. The maximum atomic E-state index is 12.9. The number of rotatable bonds is 22. The van der Waals surface area contributed by atoms with Crippen molar-refractivity contribution in [2.45, 2.75) is 150 Å². The molecule has 16 heteroatoms. The summed E-state index contributed by atoms with van der Waals surface area (Å²) in [4.78, 5) is 17.9. The topological polar surface area (TPSA) is 305 Å². The number of para-hydroxylation sites is 3. The molecule has 12 rings (SSSR count). The number of ether oxygens (including phenoxy) is 1. The van der Waals surface area contributed by atoms with E-state index in [0.29, 0.717) is 24.9 Å². The van der Waals surface area contributed by atoms with Gasteiger partial charge in [-0.3, -0.25) is 4.79 Å². The second kappa shape index (κ2) is 47.3. The SMILES string of the molecule is COC(=O)[C@@H](N)Cc1c[nH]c2ccccc12.Cc1ccc(CCCN)cc1C.Cc1ccc(CCN)cc1C.Cc1ccc(S(=O)(=O)n2cc(CCN)c3ccccc32)cc1.Cc1cccc(CCCN)c1.Cc1cccc(CCN)c1.Cc1cccc(C[C@@H](C)N)c1.NCCCc1c[nH]c2ccccc12. The summed E-state index contributed by atoms with van der Waals surface area (Å²) in [7, 11) is -2.26. The molecule has 15 nitrogen and oxygen atoms in total. The van der Waals surface area contributed by atoms with Gasteiger partial charge in [0.15, 0.2) is 0 Å². The Morgan fingerprint density at radius 3 is 1.30 bits per heavy atom. The number of nitrogens with two attached hydrogens (primary N) is 8. The Balaban J connectivity index is 0.000000221. The third kappa shape index (κ3) is 29.9. The zero-order valence-electron chi connectivity index (χ0n) is 64.6. The number of nitrogens with zero attached hydrogens (tertiary/aromatic N) is 1. The summed E-state index contributed by atoms with van der Waals surface area (Å²) in [5, 5.41) is 3.36. The molecule has 0 saturated carbocycles. The maximum absolute atomic E-state index is 12.9. The number of esters is 1. The van der Waals surface area contributed by atoms with Gasteiger partial charge in [0, 0.05) is 58.2 Å². The molecule has 566 valence electrons. The lowest BCUT2D eigenvalue weighted by molar-refractivity contribution is -0.142. The van der Waals surface area contributed by atoms with Gasteiger partial charge in [0.1, 0.15) is 6.04 Å². The van der Waals surface area contributed by atoms with E-state index in [1.165, 1.54) is 94.3 Å². The van der Waals surface area contributed by atoms with Crippen molar-refractivity contribution in [3.63, 3.8) is 0 Å². The summed E-state index contributed by atoms with van der Waals surface area (Å²) in [5.41, 5.74) is 67.8. The molecule has 0 aliphatic carbocycles. The molecule has 0 bridgehead atoms. The molecular weight excluding hydrogens is 1330 g/mol. The van der Waals surface area contributed by atoms with Crippen LogP contribution in [-0.2, 0) is 70.9 Å². The number of hydrogen-bond donors (Lipinski definition) is 10. The van der Waals surface area contributed by atoms with Gasteiger partial charge in [0.2, 0.25) is 0 Å². The number of aryl methyl sites for hydroxylation is 11. The Bertz CT molecular complexity index is 4630. The van der Waals surface area contributed by atoms with Gasteiger partial charge in [-0.05, 0) is 263 Å². The molecule has 0 unspecified atom stereocenters. The summed E-state index contributed by atoms with van der Waals surface area (Å²) < 4.78 is 31.8. The van der Waals surface area contributed by atoms with Crippen LogP contribution < -0.4 is 45.9 Å². The molecule has 2 atom stereocenters. The highest BCUT2D eigenvalue weighted by Crippen LogP contribution is 2.27. The van der Waals surface area contributed by atoms with Crippen molar-refractivity contribution in [1.82, 2.24) is 13.9 Å². The van der Waals surface area contributed by atoms with Crippen molar-refractivity contribution in [3.8, 4) is 0 Å². The molecule has 3 aromatic heterocycles. The first-order valence-electron chi connectivity index (χ1n) is 37.1. The second-order valence-corrected chi connectivity index (χ2v) is 28.9. The Hall–Kier alpha value is -9.30. The van der Waals surface area contributed by atoms with Crippen LogP contribution in [0, 0.1) is 55.4 Å². The van der Waals surface area contributed by atoms with Gasteiger partial charge in [-0.25, -0.2) is 12.4 Å². The first-order chi connectivity index (χ1) is 51.0. The lowest BCUT2D eigenvalue weighted by Gasteiger charge is -2.07. The van der Waals surface area contributed by atoms with E-state index in [4.69, 9.17) is 45.9 Å². The summed E-state index contributed by atoms with van der Waals surface area (Å²) in [6.45, 7) is 23.1. The van der Waals surface area contributed by atoms with Crippen LogP contribution in [0.15, 0.2) is 230 Å². The molecule has 0 aliphatic rings. The number of aromatic amines is 2. The van der Waals surface area contributed by atoms with Gasteiger partial charge < -0.3 is 60.6 Å². The van der Waals surface area contributed by atoms with Crippen LogP contribution in [0.2, 0.25) is 0 Å². The Morgan fingerprint density at radius 1 is 0.406 bits per heavy atom. The van der Waals surface area contributed by atoms with Gasteiger partial charge in [-0.1, -0.05) is 198 Å². The number of H-pyrrole nitrogens is 2. The van der Waals surface area contributed by atoms with E-state index < -0.39 is 16.1 Å². The van der Waals surface area contributed by atoms with Gasteiger partial charge in [0.05, 0.1) is 17.5 Å². The van der Waals surface area contributed by atoms with E-state index >= 15 is 0 Å². The predicted octanol–water partition coefficient (Wildman–Crippen LogP) is 15.2. The molecule has 0 spiro atoms. The fourth-order valence-corrected chi connectivity index (χ4v) is 13.2. The highest BCUT2D eigenvalue weighted by molar-refractivity contribution is 7.90. The van der Waals surface area contributed by atoms with Crippen molar-refractivity contribution in [1.29, 1.82) is 0 Å². The van der Waals surface area contributed by atoms with Crippen LogP contribution in [0.5, 0.6) is 0 Å². The number of fused-ring (bicyclic) bond motifs is 3. The number of nitrogens with one attached hydrogen (secondary N) is 2.